The third-order valence-corrected chi connectivity index (χ3v) is 3.77. The van der Waals surface area contributed by atoms with Gasteiger partial charge in [-0.15, -0.1) is 18.4 Å². The molecule has 0 amide bonds. The van der Waals surface area contributed by atoms with Gasteiger partial charge in [0, 0.05) is 12.8 Å². The van der Waals surface area contributed by atoms with Crippen molar-refractivity contribution in [2.45, 2.75) is 89.9 Å². The quantitative estimate of drug-likeness (QED) is 0.175. The van der Waals surface area contributed by atoms with E-state index in [0.717, 1.165) is 6.42 Å². The van der Waals surface area contributed by atoms with E-state index in [0.29, 0.717) is 12.8 Å². The number of hydrogen-bond donors (Lipinski definition) is 0. The van der Waals surface area contributed by atoms with E-state index in [-0.39, 0.29) is 5.97 Å². The van der Waals surface area contributed by atoms with Crippen LogP contribution in [-0.4, -0.2) is 13.1 Å². The Kier molecular flexibility index (Phi) is 16.8. The molecule has 0 aromatic rings. The molecule has 22 heavy (non-hydrogen) atoms. The highest BCUT2D eigenvalue weighted by atomic mass is 16.5. The zero-order valence-corrected chi connectivity index (χ0v) is 14.5. The van der Waals surface area contributed by atoms with Crippen molar-refractivity contribution in [1.29, 1.82) is 0 Å². The van der Waals surface area contributed by atoms with Crippen LogP contribution in [-0.2, 0) is 9.53 Å². The lowest BCUT2D eigenvalue weighted by molar-refractivity contribution is -0.140. The largest absolute Gasteiger partial charge is 0.469 e. The molecule has 2 nitrogen and oxygen atoms in total. The number of rotatable bonds is 14. The SMILES string of the molecule is C=CCCCCCCCCCCCCC#CCCC(=O)OC. The summed E-state index contributed by atoms with van der Waals surface area (Å²) in [6, 6.07) is 0. The number of esters is 1. The monoisotopic (exact) mass is 306 g/mol. The fourth-order valence-corrected chi connectivity index (χ4v) is 2.36. The number of allylic oxidation sites excluding steroid dienone is 1. The lowest BCUT2D eigenvalue weighted by Gasteiger charge is -2.01. The third-order valence-electron chi connectivity index (χ3n) is 3.77. The summed E-state index contributed by atoms with van der Waals surface area (Å²) in [7, 11) is 1.42. The van der Waals surface area contributed by atoms with Gasteiger partial charge in [0.1, 0.15) is 0 Å². The molecule has 0 aliphatic heterocycles. The summed E-state index contributed by atoms with van der Waals surface area (Å²) in [5.74, 6) is 6.00. The Morgan fingerprint density at radius 1 is 0.864 bits per heavy atom. The first-order chi connectivity index (χ1) is 10.8. The molecule has 0 aliphatic carbocycles. The molecule has 0 unspecified atom stereocenters. The molecule has 0 aliphatic rings. The van der Waals surface area contributed by atoms with Crippen LogP contribution in [0.25, 0.3) is 0 Å². The molecule has 0 rings (SSSR count). The van der Waals surface area contributed by atoms with Crippen molar-refractivity contribution < 1.29 is 9.53 Å². The summed E-state index contributed by atoms with van der Waals surface area (Å²) in [5.41, 5.74) is 0. The van der Waals surface area contributed by atoms with E-state index in [2.05, 4.69) is 23.2 Å². The maximum atomic E-state index is 10.9. The summed E-state index contributed by atoms with van der Waals surface area (Å²) in [5, 5.41) is 0. The molecular formula is C20H34O2. The normalized spacial score (nSPS) is 9.86. The molecule has 0 radical (unpaired) electrons. The first kappa shape index (κ1) is 20.8. The maximum Gasteiger partial charge on any atom is 0.306 e. The zero-order chi connectivity index (χ0) is 16.3. The molecule has 0 bridgehead atoms. The third kappa shape index (κ3) is 16.8. The molecule has 2 heteroatoms. The second-order valence-corrected chi connectivity index (χ2v) is 5.79. The number of ether oxygens (including phenoxy) is 1. The van der Waals surface area contributed by atoms with E-state index < -0.39 is 0 Å². The summed E-state index contributed by atoms with van der Waals surface area (Å²) in [6.45, 7) is 3.75. The molecule has 0 heterocycles. The van der Waals surface area contributed by atoms with Crippen molar-refractivity contribution in [1.82, 2.24) is 0 Å². The van der Waals surface area contributed by atoms with Gasteiger partial charge < -0.3 is 4.74 Å². The van der Waals surface area contributed by atoms with Crippen molar-refractivity contribution in [3.05, 3.63) is 12.7 Å². The van der Waals surface area contributed by atoms with Crippen LogP contribution in [0, 0.1) is 11.8 Å². The van der Waals surface area contributed by atoms with Crippen LogP contribution in [0.4, 0.5) is 0 Å². The highest BCUT2D eigenvalue weighted by Crippen LogP contribution is 2.11. The molecular weight excluding hydrogens is 272 g/mol. The molecule has 0 aromatic carbocycles. The smallest absolute Gasteiger partial charge is 0.306 e. The highest BCUT2D eigenvalue weighted by Gasteiger charge is 1.95. The zero-order valence-electron chi connectivity index (χ0n) is 14.5. The summed E-state index contributed by atoms with van der Waals surface area (Å²) in [6.07, 6.45) is 18.6. The minimum absolute atomic E-state index is 0.171. The van der Waals surface area contributed by atoms with Gasteiger partial charge in [-0.3, -0.25) is 4.79 Å². The molecule has 0 saturated carbocycles. The topological polar surface area (TPSA) is 26.3 Å². The Hall–Kier alpha value is -1.23. The van der Waals surface area contributed by atoms with Crippen LogP contribution in [0.2, 0.25) is 0 Å². The second-order valence-electron chi connectivity index (χ2n) is 5.79. The summed E-state index contributed by atoms with van der Waals surface area (Å²) in [4.78, 5) is 10.9. The van der Waals surface area contributed by atoms with Gasteiger partial charge in [-0.1, -0.05) is 57.4 Å². The first-order valence-electron chi connectivity index (χ1n) is 8.94. The number of hydrogen-bond acceptors (Lipinski definition) is 2. The van der Waals surface area contributed by atoms with Crippen LogP contribution in [0.15, 0.2) is 12.7 Å². The molecule has 126 valence electrons. The van der Waals surface area contributed by atoms with Gasteiger partial charge in [-0.2, -0.15) is 0 Å². The van der Waals surface area contributed by atoms with Crippen LogP contribution in [0.1, 0.15) is 89.9 Å². The van der Waals surface area contributed by atoms with Crippen LogP contribution in [0.3, 0.4) is 0 Å². The Balaban J connectivity index is 3.13. The fourth-order valence-electron chi connectivity index (χ4n) is 2.36. The van der Waals surface area contributed by atoms with Crippen molar-refractivity contribution >= 4 is 5.97 Å². The van der Waals surface area contributed by atoms with Crippen LogP contribution < -0.4 is 0 Å². The van der Waals surface area contributed by atoms with Gasteiger partial charge in [0.05, 0.1) is 13.5 Å². The van der Waals surface area contributed by atoms with Crippen molar-refractivity contribution in [2.24, 2.45) is 0 Å². The number of unbranched alkanes of at least 4 members (excludes halogenated alkanes) is 11. The van der Waals surface area contributed by atoms with Gasteiger partial charge in [-0.25, -0.2) is 0 Å². The number of carbonyl (C=O) groups excluding carboxylic acids is 1. The van der Waals surface area contributed by atoms with Gasteiger partial charge in [-0.05, 0) is 19.3 Å². The van der Waals surface area contributed by atoms with Gasteiger partial charge in [0.25, 0.3) is 0 Å². The molecule has 0 spiro atoms. The Bertz CT molecular complexity index is 322. The highest BCUT2D eigenvalue weighted by molar-refractivity contribution is 5.69. The van der Waals surface area contributed by atoms with Gasteiger partial charge >= 0.3 is 5.97 Å². The Labute approximate surface area is 137 Å². The lowest BCUT2D eigenvalue weighted by Crippen LogP contribution is -1.98. The van der Waals surface area contributed by atoms with Crippen molar-refractivity contribution in [2.75, 3.05) is 7.11 Å². The number of carbonyl (C=O) groups is 1. The standard InChI is InChI=1S/C20H34O2/c1-3-4-5-6-7-8-9-10-11-12-13-14-15-16-17-18-19-20(21)22-2/h3H,1,4-15,18-19H2,2H3. The van der Waals surface area contributed by atoms with Crippen LogP contribution >= 0.6 is 0 Å². The molecule has 0 aromatic heterocycles. The van der Waals surface area contributed by atoms with Gasteiger partial charge in [0.15, 0.2) is 0 Å². The van der Waals surface area contributed by atoms with E-state index in [1.165, 1.54) is 77.7 Å². The maximum absolute atomic E-state index is 10.9. The Morgan fingerprint density at radius 2 is 1.36 bits per heavy atom. The predicted molar refractivity (Wildman–Crippen MR) is 94.6 cm³/mol. The Morgan fingerprint density at radius 3 is 1.91 bits per heavy atom. The van der Waals surface area contributed by atoms with E-state index in [1.807, 2.05) is 6.08 Å². The lowest BCUT2D eigenvalue weighted by atomic mass is 10.1. The summed E-state index contributed by atoms with van der Waals surface area (Å²) < 4.78 is 4.56. The average molecular weight is 306 g/mol. The van der Waals surface area contributed by atoms with Crippen molar-refractivity contribution in [3.63, 3.8) is 0 Å². The average Bonchev–Trinajstić information content (AvgIpc) is 2.54. The van der Waals surface area contributed by atoms with Crippen molar-refractivity contribution in [3.8, 4) is 11.8 Å². The minimum atomic E-state index is -0.171. The van der Waals surface area contributed by atoms with E-state index in [4.69, 9.17) is 0 Å². The predicted octanol–water partition coefficient (Wildman–Crippen LogP) is 5.81. The number of methoxy groups -OCH3 is 1. The molecule has 0 N–H and O–H groups in total. The van der Waals surface area contributed by atoms with Crippen LogP contribution in [0.5, 0.6) is 0 Å². The molecule has 0 fully saturated rings. The van der Waals surface area contributed by atoms with E-state index >= 15 is 0 Å². The van der Waals surface area contributed by atoms with Gasteiger partial charge in [0.2, 0.25) is 0 Å². The first-order valence-corrected chi connectivity index (χ1v) is 8.94. The molecule has 0 saturated heterocycles. The molecule has 0 atom stereocenters. The minimum Gasteiger partial charge on any atom is -0.469 e. The second kappa shape index (κ2) is 17.8. The van der Waals surface area contributed by atoms with E-state index in [9.17, 15) is 4.79 Å². The fraction of sp³-hybridized carbons (Fsp3) is 0.750. The summed E-state index contributed by atoms with van der Waals surface area (Å²) >= 11 is 0. The van der Waals surface area contributed by atoms with E-state index in [1.54, 1.807) is 0 Å².